The lowest BCUT2D eigenvalue weighted by atomic mass is 10.3. The van der Waals surface area contributed by atoms with Crippen LogP contribution in [0.2, 0.25) is 0 Å². The average Bonchev–Trinajstić information content (AvgIpc) is 2.22. The van der Waals surface area contributed by atoms with Gasteiger partial charge in [-0.3, -0.25) is 0 Å². The smallest absolute Gasteiger partial charge is 0.389 e. The summed E-state index contributed by atoms with van der Waals surface area (Å²) in [7, 11) is -4.06. The molecular weight excluding hydrogens is 288 g/mol. The Kier molecular flexibility index (Phi) is 4.75. The number of nitrogens with one attached hydrogen (secondary N) is 1. The lowest BCUT2D eigenvalue weighted by Crippen LogP contribution is -2.26. The lowest BCUT2D eigenvalue weighted by molar-refractivity contribution is -0.135. The van der Waals surface area contributed by atoms with Gasteiger partial charge in [0.15, 0.2) is 0 Å². The zero-order valence-corrected chi connectivity index (χ0v) is 10.5. The number of sulfonamides is 1. The maximum atomic E-state index is 13.0. The molecule has 0 atom stereocenters. The number of benzene rings is 1. The Labute approximate surface area is 107 Å². The standard InChI is InChI=1S/C10H12F4N2O2S/c11-7-4-8(15)6-9(5-7)19(17,18)16-3-1-2-10(12,13)14/h4-6,16H,1-3,15H2. The SMILES string of the molecule is Nc1cc(F)cc(S(=O)(=O)NCCCC(F)(F)F)c1. The molecule has 0 aliphatic rings. The highest BCUT2D eigenvalue weighted by Gasteiger charge is 2.26. The van der Waals surface area contributed by atoms with Crippen LogP contribution in [0.5, 0.6) is 0 Å². The summed E-state index contributed by atoms with van der Waals surface area (Å²) in [5, 5.41) is 0. The summed E-state index contributed by atoms with van der Waals surface area (Å²) in [6.45, 7) is -0.391. The third-order valence-corrected chi connectivity index (χ3v) is 3.57. The monoisotopic (exact) mass is 300 g/mol. The third kappa shape index (κ3) is 5.43. The molecule has 0 unspecified atom stereocenters. The van der Waals surface area contributed by atoms with E-state index in [9.17, 15) is 26.0 Å². The molecule has 4 nitrogen and oxygen atoms in total. The number of alkyl halides is 3. The number of halogens is 4. The van der Waals surface area contributed by atoms with E-state index in [4.69, 9.17) is 5.73 Å². The second-order valence-corrected chi connectivity index (χ2v) is 5.60. The van der Waals surface area contributed by atoms with Crippen molar-refractivity contribution in [1.29, 1.82) is 0 Å². The van der Waals surface area contributed by atoms with Crippen LogP contribution in [0.15, 0.2) is 23.1 Å². The van der Waals surface area contributed by atoms with E-state index in [-0.39, 0.29) is 5.69 Å². The van der Waals surface area contributed by atoms with E-state index in [1.807, 2.05) is 4.72 Å². The highest BCUT2D eigenvalue weighted by atomic mass is 32.2. The molecule has 0 bridgehead atoms. The third-order valence-electron chi connectivity index (χ3n) is 2.13. The highest BCUT2D eigenvalue weighted by molar-refractivity contribution is 7.89. The van der Waals surface area contributed by atoms with Gasteiger partial charge in [0.25, 0.3) is 0 Å². The molecule has 0 aliphatic carbocycles. The molecule has 0 aliphatic heterocycles. The van der Waals surface area contributed by atoms with Crippen molar-refractivity contribution in [2.45, 2.75) is 23.9 Å². The van der Waals surface area contributed by atoms with Crippen LogP contribution >= 0.6 is 0 Å². The predicted molar refractivity (Wildman–Crippen MR) is 61.3 cm³/mol. The maximum absolute atomic E-state index is 13.0. The minimum atomic E-state index is -4.34. The van der Waals surface area contributed by atoms with Crippen LogP contribution in [0.3, 0.4) is 0 Å². The van der Waals surface area contributed by atoms with Gasteiger partial charge in [0, 0.05) is 18.7 Å². The average molecular weight is 300 g/mol. The van der Waals surface area contributed by atoms with Gasteiger partial charge in [-0.1, -0.05) is 0 Å². The van der Waals surface area contributed by atoms with E-state index in [0.29, 0.717) is 0 Å². The fourth-order valence-corrected chi connectivity index (χ4v) is 2.46. The molecule has 1 aromatic carbocycles. The van der Waals surface area contributed by atoms with Gasteiger partial charge in [-0.05, 0) is 24.6 Å². The summed E-state index contributed by atoms with van der Waals surface area (Å²) in [5.41, 5.74) is 5.20. The van der Waals surface area contributed by atoms with E-state index >= 15 is 0 Å². The molecular formula is C10H12F4N2O2S. The van der Waals surface area contributed by atoms with E-state index in [1.54, 1.807) is 0 Å². The summed E-state index contributed by atoms with van der Waals surface area (Å²) < 4.78 is 73.8. The van der Waals surface area contributed by atoms with Crippen molar-refractivity contribution in [3.8, 4) is 0 Å². The Hall–Kier alpha value is -1.35. The molecule has 19 heavy (non-hydrogen) atoms. The minimum Gasteiger partial charge on any atom is -0.399 e. The van der Waals surface area contributed by atoms with Gasteiger partial charge in [0.05, 0.1) is 4.90 Å². The number of hydrogen-bond acceptors (Lipinski definition) is 3. The van der Waals surface area contributed by atoms with E-state index in [2.05, 4.69) is 0 Å². The summed E-state index contributed by atoms with van der Waals surface area (Å²) in [6.07, 6.45) is -5.83. The fourth-order valence-electron chi connectivity index (χ4n) is 1.32. The zero-order chi connectivity index (χ0) is 14.7. The van der Waals surface area contributed by atoms with Gasteiger partial charge >= 0.3 is 6.18 Å². The van der Waals surface area contributed by atoms with Crippen molar-refractivity contribution in [1.82, 2.24) is 4.72 Å². The van der Waals surface area contributed by atoms with Crippen molar-refractivity contribution in [3.05, 3.63) is 24.0 Å². The van der Waals surface area contributed by atoms with Crippen LogP contribution in [0.25, 0.3) is 0 Å². The molecule has 1 aromatic rings. The van der Waals surface area contributed by atoms with Crippen molar-refractivity contribution in [2.75, 3.05) is 12.3 Å². The Bertz CT molecular complexity index is 523. The van der Waals surface area contributed by atoms with Gasteiger partial charge in [-0.25, -0.2) is 17.5 Å². The second-order valence-electron chi connectivity index (χ2n) is 3.84. The van der Waals surface area contributed by atoms with Gasteiger partial charge in [-0.15, -0.1) is 0 Å². The first-order chi connectivity index (χ1) is 8.60. The largest absolute Gasteiger partial charge is 0.399 e. The number of nitrogens with two attached hydrogens (primary N) is 1. The molecule has 0 radical (unpaired) electrons. The molecule has 0 fully saturated rings. The van der Waals surface area contributed by atoms with Crippen LogP contribution in [-0.2, 0) is 10.0 Å². The minimum absolute atomic E-state index is 0.0873. The second kappa shape index (κ2) is 5.74. The number of hydrogen-bond donors (Lipinski definition) is 2. The van der Waals surface area contributed by atoms with Gasteiger partial charge in [-0.2, -0.15) is 13.2 Å². The summed E-state index contributed by atoms with van der Waals surface area (Å²) in [4.78, 5) is -0.419. The lowest BCUT2D eigenvalue weighted by Gasteiger charge is -2.09. The van der Waals surface area contributed by atoms with Crippen molar-refractivity contribution in [2.24, 2.45) is 0 Å². The molecule has 0 spiro atoms. The molecule has 0 saturated heterocycles. The highest BCUT2D eigenvalue weighted by Crippen LogP contribution is 2.21. The number of nitrogen functional groups attached to an aromatic ring is 1. The van der Waals surface area contributed by atoms with Gasteiger partial charge in [0.1, 0.15) is 5.82 Å². The first kappa shape index (κ1) is 15.7. The van der Waals surface area contributed by atoms with Crippen LogP contribution in [0.4, 0.5) is 23.2 Å². The van der Waals surface area contributed by atoms with Crippen LogP contribution in [0.1, 0.15) is 12.8 Å². The fraction of sp³-hybridized carbons (Fsp3) is 0.400. The molecule has 9 heteroatoms. The summed E-state index contributed by atoms with van der Waals surface area (Å²) in [5.74, 6) is -0.837. The molecule has 3 N–H and O–H groups in total. The van der Waals surface area contributed by atoms with Crippen LogP contribution < -0.4 is 10.5 Å². The number of anilines is 1. The quantitative estimate of drug-likeness (QED) is 0.496. The molecule has 1 rings (SSSR count). The summed E-state index contributed by atoms with van der Waals surface area (Å²) in [6, 6.07) is 2.69. The van der Waals surface area contributed by atoms with Crippen molar-refractivity contribution in [3.63, 3.8) is 0 Å². The van der Waals surface area contributed by atoms with E-state index in [0.717, 1.165) is 18.2 Å². The Morgan fingerprint density at radius 1 is 1.21 bits per heavy atom. The van der Waals surface area contributed by atoms with E-state index < -0.39 is 46.3 Å². The van der Waals surface area contributed by atoms with Gasteiger partial charge in [0.2, 0.25) is 10.0 Å². The van der Waals surface area contributed by atoms with Crippen molar-refractivity contribution < 1.29 is 26.0 Å². The molecule has 0 saturated carbocycles. The molecule has 0 aromatic heterocycles. The van der Waals surface area contributed by atoms with Crippen LogP contribution in [0, 0.1) is 5.82 Å². The van der Waals surface area contributed by atoms with E-state index in [1.165, 1.54) is 0 Å². The molecule has 108 valence electrons. The Morgan fingerprint density at radius 3 is 2.37 bits per heavy atom. The Morgan fingerprint density at radius 2 is 1.84 bits per heavy atom. The first-order valence-electron chi connectivity index (χ1n) is 5.23. The topological polar surface area (TPSA) is 72.2 Å². The Balaban J connectivity index is 2.66. The molecule has 0 amide bonds. The normalized spacial score (nSPS) is 12.6. The number of rotatable bonds is 5. The predicted octanol–water partition coefficient (Wildman–Crippen LogP) is 2.03. The zero-order valence-electron chi connectivity index (χ0n) is 9.67. The molecule has 0 heterocycles. The van der Waals surface area contributed by atoms with Crippen LogP contribution in [-0.4, -0.2) is 21.1 Å². The first-order valence-corrected chi connectivity index (χ1v) is 6.71. The maximum Gasteiger partial charge on any atom is 0.389 e. The summed E-state index contributed by atoms with van der Waals surface area (Å²) >= 11 is 0. The van der Waals surface area contributed by atoms with Crippen molar-refractivity contribution >= 4 is 15.7 Å². The van der Waals surface area contributed by atoms with Gasteiger partial charge < -0.3 is 5.73 Å².